The molecule has 0 aliphatic rings. The predicted octanol–water partition coefficient (Wildman–Crippen LogP) is 6.39. The first-order valence-electron chi connectivity index (χ1n) is 12.7. The van der Waals surface area contributed by atoms with Gasteiger partial charge in [0.05, 0.1) is 18.1 Å². The van der Waals surface area contributed by atoms with E-state index in [1.54, 1.807) is 44.2 Å². The maximum absolute atomic E-state index is 11.3. The summed E-state index contributed by atoms with van der Waals surface area (Å²) >= 11 is 0. The van der Waals surface area contributed by atoms with Crippen molar-refractivity contribution in [1.29, 1.82) is 0 Å². The van der Waals surface area contributed by atoms with Crippen LogP contribution in [-0.2, 0) is 35.1 Å². The maximum atomic E-state index is 11.3. The van der Waals surface area contributed by atoms with Crippen LogP contribution in [0, 0.1) is 19.5 Å². The zero-order valence-electron chi connectivity index (χ0n) is 23.0. The van der Waals surface area contributed by atoms with Gasteiger partial charge in [0, 0.05) is 34.1 Å². The fourth-order valence-corrected chi connectivity index (χ4v) is 4.62. The molecule has 9 nitrogen and oxygen atoms in total. The third-order valence-corrected chi connectivity index (χ3v) is 6.80. The van der Waals surface area contributed by atoms with Gasteiger partial charge in [0.25, 0.3) is 10.1 Å². The number of terminal acetylenes is 1. The van der Waals surface area contributed by atoms with Gasteiger partial charge in [0.1, 0.15) is 12.7 Å². The molecule has 0 unspecified atom stereocenters. The van der Waals surface area contributed by atoms with Gasteiger partial charge in [-0.3, -0.25) is 4.18 Å². The van der Waals surface area contributed by atoms with Crippen molar-refractivity contribution in [2.75, 3.05) is 19.8 Å². The second kappa shape index (κ2) is 15.9. The molecular weight excluding hydrogens is 532 g/mol. The van der Waals surface area contributed by atoms with Crippen molar-refractivity contribution in [3.63, 3.8) is 0 Å². The summed E-state index contributed by atoms with van der Waals surface area (Å²) in [7, 11) is -3.53. The molecule has 0 atom stereocenters. The van der Waals surface area contributed by atoms with Gasteiger partial charge in [-0.2, -0.15) is 8.42 Å². The molecule has 0 saturated heterocycles. The van der Waals surface area contributed by atoms with Crippen molar-refractivity contribution in [1.82, 2.24) is 9.88 Å². The highest BCUT2D eigenvalue weighted by Gasteiger charge is 2.12. The molecule has 3 aromatic carbocycles. The first kappa shape index (κ1) is 31.9. The standard InChI is InChI=1S/C14H13N.C9H12O3S.C7H9NO4.4H2/c1-2-15-13-9-5-3-7-11(13)12-8-4-6-10-14(12)15;1-3-12-13(10,11)9-6-4-8(2)5-7-9;1-3-11-6(9)5-8-7(10)12-4-2;;;;/h3-10H,2H2,1H3;4-7H,3H2,1-2H3;1H,4-5H2,2H3,(H,8,10);4*1H. The molecule has 0 saturated carbocycles. The molecule has 1 N–H and O–H groups in total. The van der Waals surface area contributed by atoms with Crippen molar-refractivity contribution in [3.8, 4) is 12.5 Å². The van der Waals surface area contributed by atoms with Crippen molar-refractivity contribution < 1.29 is 37.4 Å². The Morgan fingerprint density at radius 2 is 1.45 bits per heavy atom. The number of aromatic nitrogens is 1. The van der Waals surface area contributed by atoms with Crippen LogP contribution in [0.25, 0.3) is 21.8 Å². The number of rotatable bonds is 7. The molecule has 220 valence electrons. The zero-order valence-corrected chi connectivity index (χ0v) is 23.9. The first-order valence-corrected chi connectivity index (χ1v) is 14.1. The minimum absolute atomic E-state index is 0. The van der Waals surface area contributed by atoms with Gasteiger partial charge in [-0.05, 0) is 52.0 Å². The molecule has 1 amide bonds. The Morgan fingerprint density at radius 3 is 1.93 bits per heavy atom. The highest BCUT2D eigenvalue weighted by Crippen LogP contribution is 2.28. The van der Waals surface area contributed by atoms with Gasteiger partial charge in [0.15, 0.2) is 0 Å². The first-order chi connectivity index (χ1) is 19.2. The van der Waals surface area contributed by atoms with Crippen LogP contribution in [0.15, 0.2) is 77.7 Å². The van der Waals surface area contributed by atoms with E-state index in [0.29, 0.717) is 0 Å². The molecule has 10 heteroatoms. The third kappa shape index (κ3) is 9.15. The second-order valence-electron chi connectivity index (χ2n) is 8.12. The highest BCUT2D eigenvalue weighted by molar-refractivity contribution is 7.86. The molecule has 1 heterocycles. The van der Waals surface area contributed by atoms with Crippen molar-refractivity contribution in [2.45, 2.75) is 39.1 Å². The van der Waals surface area contributed by atoms with Gasteiger partial charge in [0.2, 0.25) is 0 Å². The SMILES string of the molecule is C#COC(=O)CNC(=O)OCC.CCOS(=O)(=O)c1ccc(C)cc1.CCn1c2ccccc2c2ccccc21.[HH].[HH].[HH].[HH]. The number of aryl methyl sites for hydroxylation is 2. The lowest BCUT2D eigenvalue weighted by molar-refractivity contribution is -0.135. The summed E-state index contributed by atoms with van der Waals surface area (Å²) in [6.07, 6.45) is 5.66. The van der Waals surface area contributed by atoms with Crippen LogP contribution < -0.4 is 5.32 Å². The highest BCUT2D eigenvalue weighted by atomic mass is 32.2. The van der Waals surface area contributed by atoms with E-state index < -0.39 is 22.2 Å². The minimum Gasteiger partial charge on any atom is -0.450 e. The number of fused-ring (bicyclic) bond motifs is 3. The molecule has 40 heavy (non-hydrogen) atoms. The van der Waals surface area contributed by atoms with Crippen LogP contribution in [0.1, 0.15) is 32.0 Å². The van der Waals surface area contributed by atoms with E-state index >= 15 is 0 Å². The Balaban J connectivity index is -0.000000553. The Kier molecular flexibility index (Phi) is 12.7. The minimum atomic E-state index is -3.53. The van der Waals surface area contributed by atoms with E-state index in [1.165, 1.54) is 21.8 Å². The number of ether oxygens (including phenoxy) is 2. The van der Waals surface area contributed by atoms with E-state index in [-0.39, 0.29) is 30.4 Å². The predicted molar refractivity (Wildman–Crippen MR) is 164 cm³/mol. The summed E-state index contributed by atoms with van der Waals surface area (Å²) in [6, 6.07) is 23.8. The van der Waals surface area contributed by atoms with E-state index in [1.807, 2.05) is 6.92 Å². The zero-order chi connectivity index (χ0) is 29.5. The smallest absolute Gasteiger partial charge is 0.407 e. The van der Waals surface area contributed by atoms with Crippen LogP contribution in [0.5, 0.6) is 0 Å². The Labute approximate surface area is 241 Å². The Morgan fingerprint density at radius 1 is 0.900 bits per heavy atom. The van der Waals surface area contributed by atoms with Crippen LogP contribution >= 0.6 is 0 Å². The van der Waals surface area contributed by atoms with Crippen molar-refractivity contribution in [3.05, 3.63) is 78.4 Å². The molecule has 0 aliphatic heterocycles. The topological polar surface area (TPSA) is 113 Å². The Hall–Kier alpha value is -4.33. The van der Waals surface area contributed by atoms with E-state index in [9.17, 15) is 18.0 Å². The number of nitrogens with zero attached hydrogens (tertiary/aromatic N) is 1. The van der Waals surface area contributed by atoms with Crippen LogP contribution in [0.4, 0.5) is 4.79 Å². The number of para-hydroxylation sites is 2. The van der Waals surface area contributed by atoms with E-state index in [2.05, 4.69) is 85.4 Å². The lowest BCUT2D eigenvalue weighted by Gasteiger charge is -2.02. The number of carbonyl (C=O) groups excluding carboxylic acids is 2. The summed E-state index contributed by atoms with van der Waals surface area (Å²) in [5, 5.41) is 4.85. The number of hydrogen-bond donors (Lipinski definition) is 1. The largest absolute Gasteiger partial charge is 0.450 e. The second-order valence-corrected chi connectivity index (χ2v) is 9.73. The summed E-state index contributed by atoms with van der Waals surface area (Å²) in [6.45, 7) is 8.53. The number of benzene rings is 3. The fraction of sp³-hybridized carbons (Fsp3) is 0.267. The molecule has 4 aromatic rings. The van der Waals surface area contributed by atoms with E-state index in [0.717, 1.165) is 12.1 Å². The van der Waals surface area contributed by atoms with Crippen molar-refractivity contribution in [2.24, 2.45) is 0 Å². The fourth-order valence-electron chi connectivity index (χ4n) is 3.70. The molecular formula is C30H42N2O7S. The monoisotopic (exact) mass is 574 g/mol. The number of amides is 1. The summed E-state index contributed by atoms with van der Waals surface area (Å²) in [5.74, 6) is -0.703. The van der Waals surface area contributed by atoms with Gasteiger partial charge < -0.3 is 19.4 Å². The van der Waals surface area contributed by atoms with Gasteiger partial charge in [-0.1, -0.05) is 60.5 Å². The van der Waals surface area contributed by atoms with Crippen LogP contribution in [0.3, 0.4) is 0 Å². The molecule has 0 radical (unpaired) electrons. The lowest BCUT2D eigenvalue weighted by Crippen LogP contribution is -2.30. The average Bonchev–Trinajstić information content (AvgIpc) is 3.27. The van der Waals surface area contributed by atoms with Gasteiger partial charge in [-0.25, -0.2) is 9.59 Å². The van der Waals surface area contributed by atoms with Crippen LogP contribution in [-0.4, -0.2) is 44.8 Å². The third-order valence-electron chi connectivity index (χ3n) is 5.40. The molecule has 0 fully saturated rings. The summed E-state index contributed by atoms with van der Waals surface area (Å²) in [4.78, 5) is 21.3. The Bertz CT molecular complexity index is 1520. The van der Waals surface area contributed by atoms with E-state index in [4.69, 9.17) is 0 Å². The number of nitrogens with one attached hydrogen (secondary N) is 1. The van der Waals surface area contributed by atoms with Crippen LogP contribution in [0.2, 0.25) is 0 Å². The van der Waals surface area contributed by atoms with Crippen molar-refractivity contribution >= 4 is 44.0 Å². The summed E-state index contributed by atoms with van der Waals surface area (Å²) in [5.41, 5.74) is 3.69. The van der Waals surface area contributed by atoms with Gasteiger partial charge >= 0.3 is 12.1 Å². The molecule has 0 aliphatic carbocycles. The molecule has 4 rings (SSSR count). The number of esters is 1. The average molecular weight is 575 g/mol. The molecule has 1 aromatic heterocycles. The number of hydrogen-bond acceptors (Lipinski definition) is 7. The molecule has 0 spiro atoms. The quantitative estimate of drug-likeness (QED) is 0.155. The normalized spacial score (nSPS) is 10.4. The molecule has 0 bridgehead atoms. The maximum Gasteiger partial charge on any atom is 0.407 e. The lowest BCUT2D eigenvalue weighted by atomic mass is 10.2. The number of alkyl carbamates (subject to hydrolysis) is 1. The van der Waals surface area contributed by atoms with Gasteiger partial charge in [-0.15, -0.1) is 0 Å². The number of carbonyl (C=O) groups is 2. The summed E-state index contributed by atoms with van der Waals surface area (Å²) < 4.78 is 38.2.